The smallest absolute Gasteiger partial charge is 0.264 e. The third-order valence-electron chi connectivity index (χ3n) is 6.39. The quantitative estimate of drug-likeness (QED) is 0.253. The normalized spacial score (nSPS) is 16.2. The number of benzene rings is 4. The van der Waals surface area contributed by atoms with Crippen LogP contribution in [0, 0.1) is 6.92 Å². The van der Waals surface area contributed by atoms with Gasteiger partial charge in [-0.1, -0.05) is 112 Å². The highest BCUT2D eigenvalue weighted by Crippen LogP contribution is 2.37. The number of hydrogen-bond donors (Lipinski definition) is 0. The fourth-order valence-corrected chi connectivity index (χ4v) is 6.21. The van der Waals surface area contributed by atoms with E-state index in [-0.39, 0.29) is 17.4 Å². The number of hydrogen-bond acceptors (Lipinski definition) is 2. The minimum absolute atomic E-state index is 0.147. The highest BCUT2D eigenvalue weighted by molar-refractivity contribution is 9.10. The fourth-order valence-electron chi connectivity index (χ4n) is 4.44. The first-order chi connectivity index (χ1) is 17.4. The monoisotopic (exact) mass is 555 g/mol. The zero-order chi connectivity index (χ0) is 25.1. The predicted octanol–water partition coefficient (Wildman–Crippen LogP) is 7.67. The summed E-state index contributed by atoms with van der Waals surface area (Å²) in [6.45, 7) is 2.24. The van der Waals surface area contributed by atoms with Crippen LogP contribution in [-0.4, -0.2) is 19.3 Å². The number of allylic oxidation sites excluding steroid dienone is 2. The Morgan fingerprint density at radius 3 is 1.94 bits per heavy atom. The summed E-state index contributed by atoms with van der Waals surface area (Å²) in [6, 6.07) is 35.1. The first-order valence-corrected chi connectivity index (χ1v) is 14.0. The lowest BCUT2D eigenvalue weighted by Gasteiger charge is -2.29. The number of sulfonamides is 1. The van der Waals surface area contributed by atoms with Crippen LogP contribution in [0.15, 0.2) is 131 Å². The molecule has 4 aromatic rings. The van der Waals surface area contributed by atoms with Gasteiger partial charge in [-0.3, -0.25) is 4.31 Å². The lowest BCUT2D eigenvalue weighted by molar-refractivity contribution is 0.499. The van der Waals surface area contributed by atoms with Crippen molar-refractivity contribution < 1.29 is 8.42 Å². The molecule has 1 atom stereocenters. The van der Waals surface area contributed by atoms with E-state index in [0.717, 1.165) is 32.3 Å². The van der Waals surface area contributed by atoms with Crippen LogP contribution in [-0.2, 0) is 10.0 Å². The summed E-state index contributed by atoms with van der Waals surface area (Å²) in [7, 11) is -3.83. The average Bonchev–Trinajstić information content (AvgIpc) is 3.12. The summed E-state index contributed by atoms with van der Waals surface area (Å²) in [6.07, 6.45) is 4.20. The molecular formula is C31H26BrNO2S. The van der Waals surface area contributed by atoms with Gasteiger partial charge in [0.15, 0.2) is 0 Å². The van der Waals surface area contributed by atoms with Crippen LogP contribution in [0.5, 0.6) is 0 Å². The number of halogens is 1. The minimum atomic E-state index is -3.83. The van der Waals surface area contributed by atoms with Gasteiger partial charge in [0.25, 0.3) is 10.0 Å². The molecule has 0 saturated carbocycles. The lowest BCUT2D eigenvalue weighted by Crippen LogP contribution is -2.32. The van der Waals surface area contributed by atoms with Gasteiger partial charge < -0.3 is 0 Å². The van der Waals surface area contributed by atoms with E-state index in [1.807, 2.05) is 85.8 Å². The summed E-state index contributed by atoms with van der Waals surface area (Å²) < 4.78 is 30.9. The van der Waals surface area contributed by atoms with Gasteiger partial charge in [-0.2, -0.15) is 0 Å². The predicted molar refractivity (Wildman–Crippen MR) is 151 cm³/mol. The van der Waals surface area contributed by atoms with Gasteiger partial charge in [-0.05, 0) is 59.5 Å². The molecule has 0 N–H and O–H groups in total. The molecule has 36 heavy (non-hydrogen) atoms. The third kappa shape index (κ3) is 5.08. The number of aryl methyl sites for hydroxylation is 1. The summed E-state index contributed by atoms with van der Waals surface area (Å²) in [5, 5.41) is 0. The molecule has 5 heteroatoms. The molecule has 180 valence electrons. The van der Waals surface area contributed by atoms with Gasteiger partial charge in [-0.25, -0.2) is 8.42 Å². The molecule has 1 aliphatic rings. The van der Waals surface area contributed by atoms with Crippen molar-refractivity contribution in [1.29, 1.82) is 0 Å². The molecular weight excluding hydrogens is 530 g/mol. The molecule has 1 aliphatic heterocycles. The SMILES string of the molecule is Cc1ccc(S(=O)(=O)N2CC(c3ccc(Br)cc3)C=C(c3ccccc3)C=C2c2ccccc2)cc1. The van der Waals surface area contributed by atoms with Crippen LogP contribution in [0.2, 0.25) is 0 Å². The molecule has 4 aromatic carbocycles. The fraction of sp³-hybridized carbons (Fsp3) is 0.0968. The maximum absolute atomic E-state index is 14.2. The second kappa shape index (κ2) is 10.3. The summed E-state index contributed by atoms with van der Waals surface area (Å²) in [5.74, 6) is -0.147. The van der Waals surface area contributed by atoms with E-state index in [1.165, 1.54) is 0 Å². The summed E-state index contributed by atoms with van der Waals surface area (Å²) >= 11 is 3.52. The van der Waals surface area contributed by atoms with Crippen molar-refractivity contribution in [2.45, 2.75) is 17.7 Å². The first kappa shape index (κ1) is 24.3. The summed E-state index contributed by atoms with van der Waals surface area (Å²) in [4.78, 5) is 0.285. The van der Waals surface area contributed by atoms with Crippen LogP contribution in [0.4, 0.5) is 0 Å². The van der Waals surface area contributed by atoms with E-state index in [9.17, 15) is 8.42 Å². The highest BCUT2D eigenvalue weighted by Gasteiger charge is 2.32. The topological polar surface area (TPSA) is 37.4 Å². The Bertz CT molecular complexity index is 1510. The molecule has 0 spiro atoms. The van der Waals surface area contributed by atoms with E-state index in [4.69, 9.17) is 0 Å². The zero-order valence-corrected chi connectivity index (χ0v) is 22.3. The minimum Gasteiger partial charge on any atom is -0.265 e. The number of nitrogens with zero attached hydrogens (tertiary/aromatic N) is 1. The van der Waals surface area contributed by atoms with Crippen molar-refractivity contribution in [2.24, 2.45) is 0 Å². The molecule has 0 amide bonds. The van der Waals surface area contributed by atoms with Crippen molar-refractivity contribution in [3.05, 3.63) is 148 Å². The Morgan fingerprint density at radius 1 is 0.750 bits per heavy atom. The Kier molecular flexibility index (Phi) is 6.95. The molecule has 0 aromatic heterocycles. The molecule has 0 saturated heterocycles. The molecule has 0 radical (unpaired) electrons. The van der Waals surface area contributed by atoms with E-state index < -0.39 is 10.0 Å². The standard InChI is InChI=1S/C31H26BrNO2S/c1-23-12-18-30(19-13-23)36(34,35)33-22-28(25-14-16-29(32)17-15-25)20-27(24-8-4-2-5-9-24)21-31(33)26-10-6-3-7-11-26/h2-21,28H,22H2,1H3. The molecule has 5 rings (SSSR count). The molecule has 1 heterocycles. The maximum atomic E-state index is 14.2. The maximum Gasteiger partial charge on any atom is 0.264 e. The van der Waals surface area contributed by atoms with E-state index >= 15 is 0 Å². The van der Waals surface area contributed by atoms with Gasteiger partial charge in [0.05, 0.1) is 10.6 Å². The van der Waals surface area contributed by atoms with Crippen LogP contribution >= 0.6 is 15.9 Å². The molecule has 0 bridgehead atoms. The second-order valence-corrected chi connectivity index (χ2v) is 11.7. The van der Waals surface area contributed by atoms with Gasteiger partial charge in [-0.15, -0.1) is 0 Å². The average molecular weight is 557 g/mol. The second-order valence-electron chi connectivity index (χ2n) is 8.89. The lowest BCUT2D eigenvalue weighted by atomic mass is 9.94. The van der Waals surface area contributed by atoms with Crippen molar-refractivity contribution in [1.82, 2.24) is 4.31 Å². The largest absolute Gasteiger partial charge is 0.265 e. The van der Waals surface area contributed by atoms with Gasteiger partial charge in [0.2, 0.25) is 0 Å². The van der Waals surface area contributed by atoms with Crippen LogP contribution in [0.1, 0.15) is 28.2 Å². The van der Waals surface area contributed by atoms with E-state index in [0.29, 0.717) is 5.70 Å². The Labute approximate surface area is 221 Å². The third-order valence-corrected chi connectivity index (χ3v) is 8.71. The molecule has 1 unspecified atom stereocenters. The van der Waals surface area contributed by atoms with Gasteiger partial charge in [0, 0.05) is 16.9 Å². The van der Waals surface area contributed by atoms with Crippen molar-refractivity contribution in [2.75, 3.05) is 6.54 Å². The van der Waals surface area contributed by atoms with Crippen molar-refractivity contribution in [3.8, 4) is 0 Å². The summed E-state index contributed by atoms with van der Waals surface area (Å²) in [5.41, 5.74) is 5.62. The van der Waals surface area contributed by atoms with Crippen LogP contribution in [0.25, 0.3) is 11.3 Å². The van der Waals surface area contributed by atoms with Gasteiger partial charge in [0.1, 0.15) is 0 Å². The van der Waals surface area contributed by atoms with E-state index in [1.54, 1.807) is 16.4 Å². The Hall–Kier alpha value is -3.41. The highest BCUT2D eigenvalue weighted by atomic mass is 79.9. The van der Waals surface area contributed by atoms with E-state index in [2.05, 4.69) is 46.3 Å². The van der Waals surface area contributed by atoms with Crippen molar-refractivity contribution in [3.63, 3.8) is 0 Å². The first-order valence-electron chi connectivity index (χ1n) is 11.8. The Balaban J connectivity index is 1.72. The van der Waals surface area contributed by atoms with Crippen LogP contribution in [0.3, 0.4) is 0 Å². The zero-order valence-electron chi connectivity index (χ0n) is 19.9. The van der Waals surface area contributed by atoms with Crippen molar-refractivity contribution >= 4 is 37.2 Å². The van der Waals surface area contributed by atoms with Crippen LogP contribution < -0.4 is 0 Å². The molecule has 3 nitrogen and oxygen atoms in total. The molecule has 0 aliphatic carbocycles. The number of rotatable bonds is 5. The Morgan fingerprint density at radius 2 is 1.33 bits per heavy atom. The van der Waals surface area contributed by atoms with Gasteiger partial charge >= 0.3 is 0 Å². The molecule has 0 fully saturated rings.